The van der Waals surface area contributed by atoms with Crippen molar-refractivity contribution in [3.8, 4) is 11.5 Å². The normalized spacial score (nSPS) is 15.0. The van der Waals surface area contributed by atoms with Crippen LogP contribution in [0.5, 0.6) is 11.5 Å². The number of hydrogen-bond donors (Lipinski definition) is 0. The Bertz CT molecular complexity index is 1830. The summed E-state index contributed by atoms with van der Waals surface area (Å²) in [5.74, 6) is 0.977. The van der Waals surface area contributed by atoms with Gasteiger partial charge in [-0.2, -0.15) is 0 Å². The monoisotopic (exact) mass is 592 g/mol. The van der Waals surface area contributed by atoms with E-state index in [0.717, 1.165) is 11.4 Å². The summed E-state index contributed by atoms with van der Waals surface area (Å²) in [7, 11) is 3.08. The average Bonchev–Trinajstić information content (AvgIpc) is 3.50. The summed E-state index contributed by atoms with van der Waals surface area (Å²) < 4.78 is 24.3. The molecule has 41 heavy (non-hydrogen) atoms. The molecule has 0 aliphatic carbocycles. The van der Waals surface area contributed by atoms with E-state index in [2.05, 4.69) is 15.0 Å². The zero-order valence-electron chi connectivity index (χ0n) is 23.4. The minimum atomic E-state index is -0.822. The molecular formula is C29H28N4O6S2. The third kappa shape index (κ3) is 5.70. The van der Waals surface area contributed by atoms with Crippen LogP contribution < -0.4 is 24.4 Å². The number of carbonyl (C=O) groups is 1. The zero-order chi connectivity index (χ0) is 29.3. The number of rotatable bonds is 8. The largest absolute Gasteiger partial charge is 0.497 e. The van der Waals surface area contributed by atoms with Crippen LogP contribution in [-0.2, 0) is 9.53 Å². The smallest absolute Gasteiger partial charge is 0.338 e. The van der Waals surface area contributed by atoms with Crippen molar-refractivity contribution in [2.75, 3.05) is 20.8 Å². The number of furan rings is 1. The highest BCUT2D eigenvalue weighted by Gasteiger charge is 2.35. The van der Waals surface area contributed by atoms with Crippen molar-refractivity contribution in [3.05, 3.63) is 90.1 Å². The molecule has 4 heterocycles. The number of aromatic nitrogens is 3. The zero-order valence-corrected chi connectivity index (χ0v) is 25.0. The van der Waals surface area contributed by atoms with Gasteiger partial charge in [0.1, 0.15) is 23.3 Å². The molecule has 0 amide bonds. The van der Waals surface area contributed by atoms with Crippen molar-refractivity contribution in [2.45, 2.75) is 44.0 Å². The van der Waals surface area contributed by atoms with Crippen molar-refractivity contribution in [1.29, 1.82) is 0 Å². The SMILES string of the molecule is CCOC(=O)C1=C(C)N=c2s/c(=C/c3ccc(Sc4nc(C)cc(C)n4)o3)c(=O)n2[C@H]1c1ccc(OC)cc1OC. The number of esters is 1. The summed E-state index contributed by atoms with van der Waals surface area (Å²) in [6, 6.07) is 9.92. The van der Waals surface area contributed by atoms with Crippen LogP contribution in [0, 0.1) is 13.8 Å². The maximum Gasteiger partial charge on any atom is 0.338 e. The van der Waals surface area contributed by atoms with Crippen LogP contribution in [-0.4, -0.2) is 41.3 Å². The quantitative estimate of drug-likeness (QED) is 0.221. The first-order valence-electron chi connectivity index (χ1n) is 12.7. The molecule has 1 atom stereocenters. The van der Waals surface area contributed by atoms with Gasteiger partial charge in [0, 0.05) is 29.1 Å². The lowest BCUT2D eigenvalue weighted by atomic mass is 9.95. The number of hydrogen-bond acceptors (Lipinski definition) is 11. The van der Waals surface area contributed by atoms with Crippen molar-refractivity contribution >= 4 is 35.1 Å². The van der Waals surface area contributed by atoms with Gasteiger partial charge in [0.15, 0.2) is 15.1 Å². The highest BCUT2D eigenvalue weighted by atomic mass is 32.2. The van der Waals surface area contributed by atoms with Crippen LogP contribution >= 0.6 is 23.1 Å². The second-order valence-corrected chi connectivity index (χ2v) is 11.1. The molecule has 3 aromatic heterocycles. The summed E-state index contributed by atoms with van der Waals surface area (Å²) >= 11 is 2.51. The van der Waals surface area contributed by atoms with E-state index in [0.29, 0.717) is 48.1 Å². The van der Waals surface area contributed by atoms with Crippen LogP contribution in [0.3, 0.4) is 0 Å². The topological polar surface area (TPSA) is 118 Å². The van der Waals surface area contributed by atoms with Crippen LogP contribution in [0.25, 0.3) is 6.08 Å². The van der Waals surface area contributed by atoms with Crippen LogP contribution in [0.2, 0.25) is 0 Å². The molecule has 0 saturated heterocycles. The molecule has 0 fully saturated rings. The fraction of sp³-hybridized carbons (Fsp3) is 0.276. The number of benzene rings is 1. The minimum absolute atomic E-state index is 0.179. The maximum atomic E-state index is 13.9. The van der Waals surface area contributed by atoms with Gasteiger partial charge in [-0.1, -0.05) is 11.3 Å². The highest BCUT2D eigenvalue weighted by molar-refractivity contribution is 7.99. The van der Waals surface area contributed by atoms with Crippen molar-refractivity contribution in [3.63, 3.8) is 0 Å². The number of thiazole rings is 1. The van der Waals surface area contributed by atoms with E-state index in [1.54, 1.807) is 51.3 Å². The highest BCUT2D eigenvalue weighted by Crippen LogP contribution is 2.37. The van der Waals surface area contributed by atoms with Gasteiger partial charge in [-0.05, 0) is 69.8 Å². The predicted molar refractivity (Wildman–Crippen MR) is 154 cm³/mol. The Morgan fingerprint density at radius 2 is 1.85 bits per heavy atom. The fourth-order valence-electron chi connectivity index (χ4n) is 4.56. The molecule has 10 nitrogen and oxygen atoms in total. The van der Waals surface area contributed by atoms with Gasteiger partial charge >= 0.3 is 5.97 Å². The number of nitrogens with zero attached hydrogens (tertiary/aromatic N) is 4. The van der Waals surface area contributed by atoms with E-state index < -0.39 is 12.0 Å². The molecule has 212 valence electrons. The molecule has 1 aliphatic rings. The van der Waals surface area contributed by atoms with Gasteiger partial charge < -0.3 is 18.6 Å². The van der Waals surface area contributed by atoms with Crippen LogP contribution in [0.15, 0.2) is 72.1 Å². The first kappa shape index (κ1) is 28.4. The van der Waals surface area contributed by atoms with E-state index >= 15 is 0 Å². The average molecular weight is 593 g/mol. The Kier molecular flexibility index (Phi) is 8.13. The lowest BCUT2D eigenvalue weighted by Crippen LogP contribution is -2.40. The number of methoxy groups -OCH3 is 2. The van der Waals surface area contributed by atoms with E-state index in [4.69, 9.17) is 18.6 Å². The Morgan fingerprint density at radius 3 is 2.54 bits per heavy atom. The van der Waals surface area contributed by atoms with Crippen molar-refractivity contribution in [1.82, 2.24) is 14.5 Å². The molecule has 1 aliphatic heterocycles. The third-order valence-electron chi connectivity index (χ3n) is 6.28. The van der Waals surface area contributed by atoms with Crippen LogP contribution in [0.1, 0.15) is 42.6 Å². The first-order chi connectivity index (χ1) is 19.7. The number of allylic oxidation sites excluding steroid dienone is 1. The van der Waals surface area contributed by atoms with E-state index in [-0.39, 0.29) is 17.7 Å². The Balaban J connectivity index is 1.61. The molecule has 4 aromatic rings. The van der Waals surface area contributed by atoms with Gasteiger partial charge in [-0.15, -0.1) is 0 Å². The van der Waals surface area contributed by atoms with Gasteiger partial charge in [0.2, 0.25) is 0 Å². The van der Waals surface area contributed by atoms with E-state index in [9.17, 15) is 9.59 Å². The number of ether oxygens (including phenoxy) is 3. The Morgan fingerprint density at radius 1 is 1.10 bits per heavy atom. The molecule has 0 radical (unpaired) electrons. The molecule has 12 heteroatoms. The molecule has 0 bridgehead atoms. The minimum Gasteiger partial charge on any atom is -0.497 e. The van der Waals surface area contributed by atoms with Crippen molar-refractivity contribution in [2.24, 2.45) is 4.99 Å². The van der Waals surface area contributed by atoms with Gasteiger partial charge in [0.25, 0.3) is 5.56 Å². The summed E-state index contributed by atoms with van der Waals surface area (Å²) in [5, 5.41) is 1.17. The number of aryl methyl sites for hydroxylation is 2. The number of fused-ring (bicyclic) bond motifs is 1. The molecule has 0 N–H and O–H groups in total. The third-order valence-corrected chi connectivity index (χ3v) is 8.05. The predicted octanol–water partition coefficient (Wildman–Crippen LogP) is 3.97. The second-order valence-electron chi connectivity index (χ2n) is 9.10. The molecule has 0 spiro atoms. The van der Waals surface area contributed by atoms with Crippen LogP contribution in [0.4, 0.5) is 0 Å². The molecule has 0 saturated carbocycles. The molecule has 5 rings (SSSR count). The lowest BCUT2D eigenvalue weighted by molar-refractivity contribution is -0.139. The van der Waals surface area contributed by atoms with Crippen molar-refractivity contribution < 1.29 is 23.4 Å². The molecule has 0 unspecified atom stereocenters. The first-order valence-corrected chi connectivity index (χ1v) is 14.4. The Hall–Kier alpha value is -4.16. The standard InChI is InChI=1S/C29H28N4O6S2/c1-7-38-27(35)24-17(4)32-29-33(25(24)20-10-8-18(36-5)13-21(20)37-6)26(34)22(40-29)14-19-9-11-23(39-19)41-28-30-15(2)12-16(3)31-28/h8-14,25H,7H2,1-6H3/b22-14+/t25-/m0/s1. The van der Waals surface area contributed by atoms with Gasteiger partial charge in [-0.3, -0.25) is 9.36 Å². The molecular weight excluding hydrogens is 564 g/mol. The maximum absolute atomic E-state index is 13.9. The summed E-state index contributed by atoms with van der Waals surface area (Å²) in [5.41, 5.74) is 2.74. The van der Waals surface area contributed by atoms with Gasteiger partial charge in [-0.25, -0.2) is 19.8 Å². The second kappa shape index (κ2) is 11.8. The Labute approximate surface area is 244 Å². The lowest BCUT2D eigenvalue weighted by Gasteiger charge is -2.26. The summed E-state index contributed by atoms with van der Waals surface area (Å²) in [6.45, 7) is 7.47. The molecule has 1 aromatic carbocycles. The van der Waals surface area contributed by atoms with E-state index in [1.165, 1.54) is 34.8 Å². The van der Waals surface area contributed by atoms with Gasteiger partial charge in [0.05, 0.1) is 36.6 Å². The summed E-state index contributed by atoms with van der Waals surface area (Å²) in [6.07, 6.45) is 1.67. The number of carbonyl (C=O) groups excluding carboxylic acids is 1. The summed E-state index contributed by atoms with van der Waals surface area (Å²) in [4.78, 5) is 41.0. The van der Waals surface area contributed by atoms with E-state index in [1.807, 2.05) is 26.0 Å². The fourth-order valence-corrected chi connectivity index (χ4v) is 6.42.